The Hall–Kier alpha value is -3.89. The van der Waals surface area contributed by atoms with Gasteiger partial charge in [0.15, 0.2) is 5.17 Å². The highest BCUT2D eigenvalue weighted by atomic mass is 35.5. The first kappa shape index (κ1) is 23.3. The van der Waals surface area contributed by atoms with E-state index in [1.165, 1.54) is 41.3 Å². The molecule has 0 radical (unpaired) electrons. The molecule has 0 unspecified atom stereocenters. The van der Waals surface area contributed by atoms with Gasteiger partial charge in [0, 0.05) is 23.7 Å². The number of hydrogen-bond donors (Lipinski definition) is 1. The third kappa shape index (κ3) is 4.73. The van der Waals surface area contributed by atoms with Crippen molar-refractivity contribution in [2.75, 3.05) is 6.54 Å². The first-order chi connectivity index (χ1) is 16.3. The van der Waals surface area contributed by atoms with Crippen LogP contribution in [0.15, 0.2) is 68.9 Å². The minimum atomic E-state index is -1.07. The number of rotatable bonds is 6. The Morgan fingerprint density at radius 3 is 2.76 bits per heavy atom. The quantitative estimate of drug-likeness (QED) is 0.258. The summed E-state index contributed by atoms with van der Waals surface area (Å²) in [5, 5.41) is 21.2. The van der Waals surface area contributed by atoms with E-state index >= 15 is 0 Å². The van der Waals surface area contributed by atoms with Crippen molar-refractivity contribution in [3.63, 3.8) is 0 Å². The second-order valence-electron chi connectivity index (χ2n) is 7.03. The molecule has 1 aliphatic heterocycles. The number of carbonyl (C=O) groups excluding carboxylic acids is 1. The van der Waals surface area contributed by atoms with Crippen LogP contribution >= 0.6 is 23.4 Å². The molecule has 1 saturated heterocycles. The van der Waals surface area contributed by atoms with Gasteiger partial charge in [-0.3, -0.25) is 19.8 Å². The van der Waals surface area contributed by atoms with Gasteiger partial charge in [-0.15, -0.1) is 0 Å². The molecule has 0 spiro atoms. The van der Waals surface area contributed by atoms with Gasteiger partial charge in [0.05, 0.1) is 26.6 Å². The van der Waals surface area contributed by atoms with Gasteiger partial charge in [0.2, 0.25) is 0 Å². The van der Waals surface area contributed by atoms with Crippen LogP contribution in [0.5, 0.6) is 0 Å². The average molecular weight is 498 g/mol. The maximum absolute atomic E-state index is 12.9. The number of carboxylic acids is 1. The van der Waals surface area contributed by atoms with E-state index in [1.807, 2.05) is 0 Å². The number of carbonyl (C=O) groups is 2. The summed E-state index contributed by atoms with van der Waals surface area (Å²) in [5.74, 6) is -0.756. The Labute approximate surface area is 202 Å². The number of aromatic carboxylic acids is 1. The van der Waals surface area contributed by atoms with Gasteiger partial charge in [-0.05, 0) is 61.2 Å². The maximum atomic E-state index is 12.9. The molecule has 0 aliphatic carbocycles. The number of halogens is 1. The number of hydrogen-bond acceptors (Lipinski definition) is 7. The zero-order valence-corrected chi connectivity index (χ0v) is 19.2. The molecule has 1 amide bonds. The van der Waals surface area contributed by atoms with Crippen LogP contribution in [-0.4, -0.2) is 38.5 Å². The number of nitro groups is 1. The van der Waals surface area contributed by atoms with Crippen LogP contribution in [0.25, 0.3) is 17.4 Å². The highest BCUT2D eigenvalue weighted by molar-refractivity contribution is 8.18. The SMILES string of the molecule is CCN1C(=O)/C(=C\c2ccc(-c3ccc(Cl)cc3[N+](=O)[O-])o2)SC1=Nc1cccc(C(=O)O)c1. The molecule has 0 saturated carbocycles. The molecule has 9 nitrogen and oxygen atoms in total. The fourth-order valence-corrected chi connectivity index (χ4v) is 4.47. The second kappa shape index (κ2) is 9.54. The van der Waals surface area contributed by atoms with Gasteiger partial charge in [0.1, 0.15) is 11.5 Å². The largest absolute Gasteiger partial charge is 0.478 e. The van der Waals surface area contributed by atoms with E-state index in [0.29, 0.717) is 28.1 Å². The van der Waals surface area contributed by atoms with Gasteiger partial charge >= 0.3 is 5.97 Å². The minimum Gasteiger partial charge on any atom is -0.478 e. The predicted octanol–water partition coefficient (Wildman–Crippen LogP) is 5.83. The van der Waals surface area contributed by atoms with Crippen LogP contribution in [0.4, 0.5) is 11.4 Å². The first-order valence-electron chi connectivity index (χ1n) is 9.94. The molecule has 172 valence electrons. The van der Waals surface area contributed by atoms with E-state index in [2.05, 4.69) is 4.99 Å². The molecular weight excluding hydrogens is 482 g/mol. The highest BCUT2D eigenvalue weighted by Crippen LogP contribution is 2.37. The van der Waals surface area contributed by atoms with E-state index in [1.54, 1.807) is 31.2 Å². The van der Waals surface area contributed by atoms with Gasteiger partial charge in [-0.25, -0.2) is 9.79 Å². The molecule has 4 rings (SSSR count). The molecule has 0 atom stereocenters. The number of amides is 1. The zero-order chi connectivity index (χ0) is 24.4. The van der Waals surface area contributed by atoms with Crippen molar-refractivity contribution in [2.45, 2.75) is 6.92 Å². The fourth-order valence-electron chi connectivity index (χ4n) is 3.26. The molecule has 2 heterocycles. The van der Waals surface area contributed by atoms with Crippen molar-refractivity contribution in [1.82, 2.24) is 4.90 Å². The highest BCUT2D eigenvalue weighted by Gasteiger charge is 2.32. The van der Waals surface area contributed by atoms with Crippen molar-refractivity contribution in [3.8, 4) is 11.3 Å². The molecule has 2 aromatic carbocycles. The molecular formula is C23H16ClN3O6S. The third-order valence-electron chi connectivity index (χ3n) is 4.84. The average Bonchev–Trinajstić information content (AvgIpc) is 3.38. The number of thioether (sulfide) groups is 1. The van der Waals surface area contributed by atoms with E-state index < -0.39 is 10.9 Å². The molecule has 1 fully saturated rings. The normalized spacial score (nSPS) is 15.9. The summed E-state index contributed by atoms with van der Waals surface area (Å²) in [6.45, 7) is 2.16. The van der Waals surface area contributed by atoms with Crippen molar-refractivity contribution in [1.29, 1.82) is 0 Å². The number of benzene rings is 2. The van der Waals surface area contributed by atoms with Crippen LogP contribution in [-0.2, 0) is 4.79 Å². The van der Waals surface area contributed by atoms with E-state index in [0.717, 1.165) is 11.8 Å². The van der Waals surface area contributed by atoms with Gasteiger partial charge < -0.3 is 9.52 Å². The van der Waals surface area contributed by atoms with Crippen LogP contribution in [0.2, 0.25) is 5.02 Å². The van der Waals surface area contributed by atoms with E-state index in [-0.39, 0.29) is 33.5 Å². The Balaban J connectivity index is 1.64. The number of nitro benzene ring substituents is 1. The smallest absolute Gasteiger partial charge is 0.335 e. The van der Waals surface area contributed by atoms with Crippen LogP contribution < -0.4 is 0 Å². The van der Waals surface area contributed by atoms with Gasteiger partial charge in [-0.2, -0.15) is 0 Å². The molecule has 3 aromatic rings. The van der Waals surface area contributed by atoms with Gasteiger partial charge in [0.25, 0.3) is 11.6 Å². The molecule has 1 aliphatic rings. The van der Waals surface area contributed by atoms with Crippen LogP contribution in [0, 0.1) is 10.1 Å². The standard InChI is InChI=1S/C23H16ClN3O6S/c1-2-26-21(28)20(34-23(26)25-15-5-3-4-13(10-15)22(29)30)12-16-7-9-19(33-16)17-8-6-14(24)11-18(17)27(31)32/h3-12H,2H2,1H3,(H,29,30)/b20-12+,25-23?. The monoisotopic (exact) mass is 497 g/mol. The number of amidine groups is 1. The third-order valence-corrected chi connectivity index (χ3v) is 6.09. The number of furan rings is 1. The van der Waals surface area contributed by atoms with Crippen LogP contribution in [0.1, 0.15) is 23.0 Å². The number of aliphatic imine (C=N–C) groups is 1. The van der Waals surface area contributed by atoms with Crippen molar-refractivity contribution >= 4 is 57.9 Å². The first-order valence-corrected chi connectivity index (χ1v) is 11.1. The molecule has 1 aromatic heterocycles. The minimum absolute atomic E-state index is 0.0920. The zero-order valence-electron chi connectivity index (χ0n) is 17.6. The van der Waals surface area contributed by atoms with Crippen molar-refractivity contribution in [2.24, 2.45) is 4.99 Å². The summed E-state index contributed by atoms with van der Waals surface area (Å²) >= 11 is 7.00. The summed E-state index contributed by atoms with van der Waals surface area (Å²) in [5.41, 5.74) is 0.572. The molecule has 1 N–H and O–H groups in total. The topological polar surface area (TPSA) is 126 Å². The summed E-state index contributed by atoms with van der Waals surface area (Å²) in [7, 11) is 0. The lowest BCUT2D eigenvalue weighted by molar-refractivity contribution is -0.384. The fraction of sp³-hybridized carbons (Fsp3) is 0.0870. The summed E-state index contributed by atoms with van der Waals surface area (Å²) in [6, 6.07) is 13.6. The Bertz CT molecular complexity index is 1380. The number of carboxylic acid groups (broad SMARTS) is 1. The lowest BCUT2D eigenvalue weighted by atomic mass is 10.1. The lowest BCUT2D eigenvalue weighted by Crippen LogP contribution is -2.28. The summed E-state index contributed by atoms with van der Waals surface area (Å²) in [6.07, 6.45) is 1.54. The number of nitrogens with zero attached hydrogens (tertiary/aromatic N) is 3. The van der Waals surface area contributed by atoms with Gasteiger partial charge in [-0.1, -0.05) is 17.7 Å². The summed E-state index contributed by atoms with van der Waals surface area (Å²) in [4.78, 5) is 41.2. The molecule has 11 heteroatoms. The van der Waals surface area contributed by atoms with E-state index in [9.17, 15) is 24.8 Å². The lowest BCUT2D eigenvalue weighted by Gasteiger charge is -2.12. The second-order valence-corrected chi connectivity index (χ2v) is 8.48. The molecule has 34 heavy (non-hydrogen) atoms. The molecule has 0 bridgehead atoms. The number of likely N-dealkylation sites (N-methyl/N-ethyl adjacent to an activating group) is 1. The Kier molecular flexibility index (Phi) is 6.53. The van der Waals surface area contributed by atoms with E-state index in [4.69, 9.17) is 16.0 Å². The Morgan fingerprint density at radius 2 is 2.06 bits per heavy atom. The van der Waals surface area contributed by atoms with Crippen molar-refractivity contribution < 1.29 is 24.0 Å². The Morgan fingerprint density at radius 1 is 1.26 bits per heavy atom. The van der Waals surface area contributed by atoms with Crippen LogP contribution in [0.3, 0.4) is 0 Å². The maximum Gasteiger partial charge on any atom is 0.335 e. The summed E-state index contributed by atoms with van der Waals surface area (Å²) < 4.78 is 5.76. The predicted molar refractivity (Wildman–Crippen MR) is 129 cm³/mol. The van der Waals surface area contributed by atoms with Crippen molar-refractivity contribution in [3.05, 3.63) is 86.0 Å².